The predicted molar refractivity (Wildman–Crippen MR) is 109 cm³/mol. The van der Waals surface area contributed by atoms with Gasteiger partial charge in [0.05, 0.1) is 0 Å². The fourth-order valence-electron chi connectivity index (χ4n) is 4.15. The van der Waals surface area contributed by atoms with Crippen LogP contribution in [-0.4, -0.2) is 31.6 Å². The molecule has 1 saturated carbocycles. The normalized spacial score (nSPS) is 19.8. The standard InChI is InChI=1S/C20H31N5O3/c1-4-10-24-18-16(19(27)25(11-5-2)20(24)28)22-17(23-18)15-8-6-14(7-9-15)12-21-13(3)26/h14-15H,4-12H2,1-3H3,(H,21,26)(H,22,23). The SMILES string of the molecule is CCCn1c(=O)c2[nH]c(C3CCC(CNC(C)=O)CC3)nc2n(CCC)c1=O. The van der Waals surface area contributed by atoms with E-state index in [1.54, 1.807) is 11.5 Å². The number of fused-ring (bicyclic) bond motifs is 1. The molecule has 0 aliphatic heterocycles. The molecule has 0 radical (unpaired) electrons. The summed E-state index contributed by atoms with van der Waals surface area (Å²) in [6.45, 7) is 7.20. The number of imidazole rings is 1. The van der Waals surface area contributed by atoms with Gasteiger partial charge < -0.3 is 10.3 Å². The molecule has 0 spiro atoms. The van der Waals surface area contributed by atoms with Gasteiger partial charge in [0.2, 0.25) is 5.91 Å². The Hall–Kier alpha value is -2.38. The van der Waals surface area contributed by atoms with E-state index in [0.717, 1.165) is 50.9 Å². The van der Waals surface area contributed by atoms with Crippen LogP contribution in [0.4, 0.5) is 0 Å². The molecule has 154 valence electrons. The first kappa shape index (κ1) is 20.4. The van der Waals surface area contributed by atoms with Gasteiger partial charge in [0, 0.05) is 32.5 Å². The zero-order valence-corrected chi connectivity index (χ0v) is 17.1. The van der Waals surface area contributed by atoms with E-state index < -0.39 is 0 Å². The van der Waals surface area contributed by atoms with E-state index in [1.165, 1.54) is 4.57 Å². The van der Waals surface area contributed by atoms with Crippen molar-refractivity contribution in [2.24, 2.45) is 5.92 Å². The lowest BCUT2D eigenvalue weighted by molar-refractivity contribution is -0.119. The summed E-state index contributed by atoms with van der Waals surface area (Å²) in [5.74, 6) is 1.56. The number of rotatable bonds is 7. The first-order valence-corrected chi connectivity index (χ1v) is 10.4. The summed E-state index contributed by atoms with van der Waals surface area (Å²) in [5, 5.41) is 2.90. The summed E-state index contributed by atoms with van der Waals surface area (Å²) in [6, 6.07) is 0. The largest absolute Gasteiger partial charge is 0.356 e. The van der Waals surface area contributed by atoms with Crippen LogP contribution in [0, 0.1) is 5.92 Å². The van der Waals surface area contributed by atoms with Crippen molar-refractivity contribution in [1.82, 2.24) is 24.4 Å². The van der Waals surface area contributed by atoms with E-state index in [4.69, 9.17) is 4.98 Å². The highest BCUT2D eigenvalue weighted by molar-refractivity contribution is 5.72. The number of aromatic amines is 1. The monoisotopic (exact) mass is 389 g/mol. The highest BCUT2D eigenvalue weighted by atomic mass is 16.2. The molecule has 8 heteroatoms. The van der Waals surface area contributed by atoms with Gasteiger partial charge in [0.15, 0.2) is 5.65 Å². The van der Waals surface area contributed by atoms with Crippen LogP contribution in [0.25, 0.3) is 11.2 Å². The molecule has 2 aromatic rings. The van der Waals surface area contributed by atoms with E-state index in [0.29, 0.717) is 30.2 Å². The molecule has 1 aliphatic carbocycles. The maximum absolute atomic E-state index is 12.8. The van der Waals surface area contributed by atoms with Gasteiger partial charge in [-0.25, -0.2) is 9.78 Å². The Bertz CT molecular complexity index is 947. The van der Waals surface area contributed by atoms with Gasteiger partial charge in [-0.15, -0.1) is 0 Å². The number of nitrogens with one attached hydrogen (secondary N) is 2. The number of carbonyl (C=O) groups excluding carboxylic acids is 1. The van der Waals surface area contributed by atoms with Crippen molar-refractivity contribution in [2.45, 2.75) is 78.3 Å². The summed E-state index contributed by atoms with van der Waals surface area (Å²) in [4.78, 5) is 44.7. The summed E-state index contributed by atoms with van der Waals surface area (Å²) in [6.07, 6.45) is 5.49. The number of nitrogens with zero attached hydrogens (tertiary/aromatic N) is 3. The molecule has 1 amide bonds. The van der Waals surface area contributed by atoms with Crippen LogP contribution in [0.1, 0.15) is 71.0 Å². The van der Waals surface area contributed by atoms with Crippen LogP contribution in [-0.2, 0) is 17.9 Å². The fourth-order valence-corrected chi connectivity index (χ4v) is 4.15. The minimum absolute atomic E-state index is 0.0108. The van der Waals surface area contributed by atoms with Crippen molar-refractivity contribution < 1.29 is 4.79 Å². The molecule has 3 rings (SSSR count). The molecule has 28 heavy (non-hydrogen) atoms. The Balaban J connectivity index is 1.89. The Morgan fingerprint density at radius 1 is 1.11 bits per heavy atom. The first-order valence-electron chi connectivity index (χ1n) is 10.4. The molecule has 2 heterocycles. The highest BCUT2D eigenvalue weighted by Gasteiger charge is 2.26. The molecule has 0 saturated heterocycles. The summed E-state index contributed by atoms with van der Waals surface area (Å²) in [7, 11) is 0. The zero-order valence-electron chi connectivity index (χ0n) is 17.1. The number of hydrogen-bond acceptors (Lipinski definition) is 4. The van der Waals surface area contributed by atoms with Crippen LogP contribution in [0.5, 0.6) is 0 Å². The van der Waals surface area contributed by atoms with Crippen molar-refractivity contribution in [1.29, 1.82) is 0 Å². The molecule has 0 atom stereocenters. The lowest BCUT2D eigenvalue weighted by Crippen LogP contribution is -2.40. The highest BCUT2D eigenvalue weighted by Crippen LogP contribution is 2.34. The minimum atomic E-state index is -0.271. The molecule has 2 N–H and O–H groups in total. The van der Waals surface area contributed by atoms with Gasteiger partial charge in [0.25, 0.3) is 5.56 Å². The van der Waals surface area contributed by atoms with Crippen LogP contribution >= 0.6 is 0 Å². The van der Waals surface area contributed by atoms with Crippen molar-refractivity contribution in [2.75, 3.05) is 6.54 Å². The van der Waals surface area contributed by atoms with Gasteiger partial charge in [-0.05, 0) is 44.4 Å². The topological polar surface area (TPSA) is 102 Å². The predicted octanol–water partition coefficient (Wildman–Crippen LogP) is 2.12. The second kappa shape index (κ2) is 8.75. The van der Waals surface area contributed by atoms with Crippen LogP contribution in [0.15, 0.2) is 9.59 Å². The summed E-state index contributed by atoms with van der Waals surface area (Å²) >= 11 is 0. The van der Waals surface area contributed by atoms with E-state index in [-0.39, 0.29) is 23.1 Å². The number of aryl methyl sites for hydroxylation is 1. The molecule has 1 aliphatic rings. The third-order valence-corrected chi connectivity index (χ3v) is 5.65. The maximum Gasteiger partial charge on any atom is 0.332 e. The van der Waals surface area contributed by atoms with Gasteiger partial charge in [-0.1, -0.05) is 13.8 Å². The van der Waals surface area contributed by atoms with Crippen LogP contribution < -0.4 is 16.6 Å². The zero-order chi connectivity index (χ0) is 20.3. The Morgan fingerprint density at radius 3 is 2.36 bits per heavy atom. The first-order chi connectivity index (χ1) is 13.5. The Morgan fingerprint density at radius 2 is 1.75 bits per heavy atom. The number of aromatic nitrogens is 4. The molecule has 2 aromatic heterocycles. The van der Waals surface area contributed by atoms with E-state index in [9.17, 15) is 14.4 Å². The second-order valence-corrected chi connectivity index (χ2v) is 7.87. The lowest BCUT2D eigenvalue weighted by atomic mass is 9.81. The lowest BCUT2D eigenvalue weighted by Gasteiger charge is -2.27. The average molecular weight is 390 g/mol. The van der Waals surface area contributed by atoms with Gasteiger partial charge >= 0.3 is 5.69 Å². The second-order valence-electron chi connectivity index (χ2n) is 7.87. The molecule has 0 unspecified atom stereocenters. The van der Waals surface area contributed by atoms with Crippen LogP contribution in [0.2, 0.25) is 0 Å². The van der Waals surface area contributed by atoms with Crippen LogP contribution in [0.3, 0.4) is 0 Å². The molecular formula is C20H31N5O3. The molecule has 8 nitrogen and oxygen atoms in total. The Kier molecular flexibility index (Phi) is 6.36. The number of carbonyl (C=O) groups is 1. The third kappa shape index (κ3) is 4.05. The maximum atomic E-state index is 12.8. The van der Waals surface area contributed by atoms with Crippen molar-refractivity contribution in [3.8, 4) is 0 Å². The number of H-pyrrole nitrogens is 1. The molecule has 0 aromatic carbocycles. The van der Waals surface area contributed by atoms with Crippen molar-refractivity contribution in [3.63, 3.8) is 0 Å². The van der Waals surface area contributed by atoms with Gasteiger partial charge in [-0.3, -0.25) is 18.7 Å². The number of hydrogen-bond donors (Lipinski definition) is 2. The third-order valence-electron chi connectivity index (χ3n) is 5.65. The van der Waals surface area contributed by atoms with E-state index in [1.807, 2.05) is 13.8 Å². The average Bonchev–Trinajstić information content (AvgIpc) is 3.13. The summed E-state index contributed by atoms with van der Waals surface area (Å²) < 4.78 is 2.96. The number of amides is 1. The van der Waals surface area contributed by atoms with E-state index >= 15 is 0 Å². The molecule has 0 bridgehead atoms. The minimum Gasteiger partial charge on any atom is -0.356 e. The van der Waals surface area contributed by atoms with Gasteiger partial charge in [-0.2, -0.15) is 0 Å². The molecular weight excluding hydrogens is 358 g/mol. The van der Waals surface area contributed by atoms with Gasteiger partial charge in [0.1, 0.15) is 11.3 Å². The Labute approximate surface area is 164 Å². The fraction of sp³-hybridized carbons (Fsp3) is 0.700. The summed E-state index contributed by atoms with van der Waals surface area (Å²) in [5.41, 5.74) is 0.391. The van der Waals surface area contributed by atoms with Crippen molar-refractivity contribution in [3.05, 3.63) is 26.7 Å². The smallest absolute Gasteiger partial charge is 0.332 e. The molecule has 1 fully saturated rings. The van der Waals surface area contributed by atoms with Crippen molar-refractivity contribution >= 4 is 17.1 Å². The van der Waals surface area contributed by atoms with E-state index in [2.05, 4.69) is 10.3 Å². The quantitative estimate of drug-likeness (QED) is 0.757.